The van der Waals surface area contributed by atoms with Gasteiger partial charge in [0.1, 0.15) is 29.8 Å². The number of fused-ring (bicyclic) bond motifs is 1. The van der Waals surface area contributed by atoms with Gasteiger partial charge in [0.2, 0.25) is 0 Å². The molecule has 35 heavy (non-hydrogen) atoms. The van der Waals surface area contributed by atoms with Gasteiger partial charge in [0.15, 0.2) is 0 Å². The van der Waals surface area contributed by atoms with Crippen molar-refractivity contribution in [2.45, 2.75) is 20.0 Å². The number of benzene rings is 2. The zero-order chi connectivity index (χ0) is 24.5. The van der Waals surface area contributed by atoms with E-state index in [2.05, 4.69) is 0 Å². The van der Waals surface area contributed by atoms with Gasteiger partial charge in [0, 0.05) is 23.2 Å². The first-order valence-electron chi connectivity index (χ1n) is 11.1. The van der Waals surface area contributed by atoms with Crippen LogP contribution in [-0.2, 0) is 27.4 Å². The van der Waals surface area contributed by atoms with Gasteiger partial charge in [-0.1, -0.05) is 36.4 Å². The van der Waals surface area contributed by atoms with Gasteiger partial charge >= 0.3 is 5.97 Å². The molecule has 0 bridgehead atoms. The van der Waals surface area contributed by atoms with Crippen LogP contribution in [0.1, 0.15) is 34.2 Å². The molecular formula is C28H20N2O5. The fourth-order valence-corrected chi connectivity index (χ4v) is 4.23. The molecule has 2 aliphatic heterocycles. The largest absolute Gasteiger partial charge is 0.457 e. The molecule has 0 unspecified atom stereocenters. The number of esters is 1. The normalized spacial score (nSPS) is 16.5. The first-order chi connectivity index (χ1) is 17.0. The Morgan fingerprint density at radius 3 is 2.60 bits per heavy atom. The van der Waals surface area contributed by atoms with E-state index in [1.54, 1.807) is 37.3 Å². The summed E-state index contributed by atoms with van der Waals surface area (Å²) in [6.45, 7) is 1.98. The van der Waals surface area contributed by atoms with Crippen LogP contribution in [0.5, 0.6) is 0 Å². The zero-order valence-corrected chi connectivity index (χ0v) is 18.9. The van der Waals surface area contributed by atoms with Crippen LogP contribution in [-0.4, -0.2) is 29.2 Å². The smallest absolute Gasteiger partial charge is 0.338 e. The molecule has 0 saturated carbocycles. The van der Waals surface area contributed by atoms with Gasteiger partial charge in [-0.05, 0) is 54.8 Å². The monoisotopic (exact) mass is 464 g/mol. The number of hydrogen-bond acceptors (Lipinski definition) is 6. The van der Waals surface area contributed by atoms with Crippen molar-refractivity contribution < 1.29 is 23.5 Å². The minimum Gasteiger partial charge on any atom is -0.457 e. The second-order valence-corrected chi connectivity index (χ2v) is 8.32. The predicted octanol–water partition coefficient (Wildman–Crippen LogP) is 4.45. The van der Waals surface area contributed by atoms with Crippen molar-refractivity contribution in [3.8, 4) is 17.4 Å². The molecule has 0 radical (unpaired) electrons. The van der Waals surface area contributed by atoms with E-state index in [4.69, 9.17) is 9.15 Å². The van der Waals surface area contributed by atoms with E-state index in [-0.39, 0.29) is 30.3 Å². The molecule has 2 aliphatic rings. The summed E-state index contributed by atoms with van der Waals surface area (Å²) in [5.41, 5.74) is 3.59. The summed E-state index contributed by atoms with van der Waals surface area (Å²) in [5.74, 6) is -0.424. The number of carbonyl (C=O) groups excluding carboxylic acids is 3. The number of nitriles is 1. The van der Waals surface area contributed by atoms with E-state index in [0.717, 1.165) is 21.6 Å². The lowest BCUT2D eigenvalue weighted by Gasteiger charge is -2.27. The quantitative estimate of drug-likeness (QED) is 0.314. The highest BCUT2D eigenvalue weighted by Crippen LogP contribution is 2.31. The number of nitrogens with zero attached hydrogens (tertiary/aromatic N) is 2. The lowest BCUT2D eigenvalue weighted by Crippen LogP contribution is -2.43. The Morgan fingerprint density at radius 2 is 1.83 bits per heavy atom. The van der Waals surface area contributed by atoms with Gasteiger partial charge < -0.3 is 9.15 Å². The highest BCUT2D eigenvalue weighted by molar-refractivity contribution is 6.19. The summed E-state index contributed by atoms with van der Waals surface area (Å²) in [6.07, 6.45) is 2.04. The molecule has 0 atom stereocenters. The van der Waals surface area contributed by atoms with Gasteiger partial charge in [0.05, 0.1) is 5.56 Å². The molecule has 0 fully saturated rings. The second-order valence-electron chi connectivity index (χ2n) is 8.32. The van der Waals surface area contributed by atoms with Crippen LogP contribution >= 0.6 is 0 Å². The van der Waals surface area contributed by atoms with Crippen LogP contribution in [0.3, 0.4) is 0 Å². The summed E-state index contributed by atoms with van der Waals surface area (Å²) in [5, 5.41) is 9.60. The highest BCUT2D eigenvalue weighted by atomic mass is 16.5. The molecule has 7 nitrogen and oxygen atoms in total. The molecule has 172 valence electrons. The van der Waals surface area contributed by atoms with Crippen LogP contribution in [0.25, 0.3) is 17.4 Å². The van der Waals surface area contributed by atoms with Crippen molar-refractivity contribution in [2.24, 2.45) is 0 Å². The molecule has 7 heteroatoms. The van der Waals surface area contributed by atoms with Crippen LogP contribution in [0, 0.1) is 11.3 Å². The van der Waals surface area contributed by atoms with Crippen LogP contribution in [0.4, 0.5) is 0 Å². The Balaban J connectivity index is 1.44. The van der Waals surface area contributed by atoms with E-state index in [1.807, 2.05) is 42.5 Å². The standard InChI is InChI=1S/C28H20N2O5/c1-17-23(26(31)30(27(32)24(17)15-29)12-11-18-5-3-2-4-6-18)14-21-8-10-25(35-21)19-7-9-22-20(13-19)16-34-28(22)33/h2-10,13-14H,11-12,16H2,1H3/b23-14+. The number of ether oxygens (including phenoxy) is 1. The Kier molecular flexibility index (Phi) is 5.63. The van der Waals surface area contributed by atoms with Crippen LogP contribution in [0.15, 0.2) is 81.8 Å². The molecule has 1 aromatic heterocycles. The van der Waals surface area contributed by atoms with Crippen molar-refractivity contribution in [1.29, 1.82) is 5.26 Å². The molecule has 3 aromatic rings. The molecule has 0 aliphatic carbocycles. The van der Waals surface area contributed by atoms with Crippen molar-refractivity contribution >= 4 is 23.9 Å². The Morgan fingerprint density at radius 1 is 1.03 bits per heavy atom. The predicted molar refractivity (Wildman–Crippen MR) is 126 cm³/mol. The second kappa shape index (κ2) is 8.92. The number of hydrogen-bond donors (Lipinski definition) is 0. The maximum absolute atomic E-state index is 13.3. The van der Waals surface area contributed by atoms with Crippen molar-refractivity contribution in [2.75, 3.05) is 6.54 Å². The first kappa shape index (κ1) is 22.1. The van der Waals surface area contributed by atoms with E-state index in [0.29, 0.717) is 29.1 Å². The minimum atomic E-state index is -0.585. The lowest BCUT2D eigenvalue weighted by molar-refractivity contribution is -0.140. The Labute approximate surface area is 201 Å². The summed E-state index contributed by atoms with van der Waals surface area (Å²) in [4.78, 5) is 38.9. The lowest BCUT2D eigenvalue weighted by atomic mass is 9.94. The molecule has 0 spiro atoms. The van der Waals surface area contributed by atoms with E-state index >= 15 is 0 Å². The van der Waals surface area contributed by atoms with Crippen LogP contribution in [0.2, 0.25) is 0 Å². The summed E-state index contributed by atoms with van der Waals surface area (Å²) in [6, 6.07) is 20.3. The molecular weight excluding hydrogens is 444 g/mol. The van der Waals surface area contributed by atoms with Gasteiger partial charge in [-0.3, -0.25) is 14.5 Å². The SMILES string of the molecule is CC1=C(C#N)C(=O)N(CCc2ccccc2)C(=O)/C1=C/c1ccc(-c2ccc3c(c2)COC3=O)o1. The highest BCUT2D eigenvalue weighted by Gasteiger charge is 2.35. The fraction of sp³-hybridized carbons (Fsp3) is 0.143. The molecule has 0 N–H and O–H groups in total. The Hall–Kier alpha value is -4.70. The fourth-order valence-electron chi connectivity index (χ4n) is 4.23. The summed E-state index contributed by atoms with van der Waals surface area (Å²) >= 11 is 0. The van der Waals surface area contributed by atoms with Gasteiger partial charge in [-0.15, -0.1) is 0 Å². The number of rotatable bonds is 5. The van der Waals surface area contributed by atoms with Gasteiger partial charge in [-0.25, -0.2) is 4.79 Å². The average molecular weight is 464 g/mol. The molecule has 3 heterocycles. The third-order valence-electron chi connectivity index (χ3n) is 6.17. The third kappa shape index (κ3) is 4.06. The topological polar surface area (TPSA) is 101 Å². The summed E-state index contributed by atoms with van der Waals surface area (Å²) < 4.78 is 11.0. The Bertz CT molecular complexity index is 1470. The molecule has 2 amide bonds. The number of cyclic esters (lactones) is 1. The molecule has 0 saturated heterocycles. The number of imide groups is 1. The number of furan rings is 1. The van der Waals surface area contributed by atoms with Crippen molar-refractivity contribution in [1.82, 2.24) is 4.90 Å². The van der Waals surface area contributed by atoms with E-state index < -0.39 is 11.8 Å². The molecule has 5 rings (SSSR count). The average Bonchev–Trinajstić information content (AvgIpc) is 3.49. The van der Waals surface area contributed by atoms with Crippen molar-refractivity contribution in [3.63, 3.8) is 0 Å². The van der Waals surface area contributed by atoms with E-state index in [1.165, 1.54) is 0 Å². The zero-order valence-electron chi connectivity index (χ0n) is 18.9. The minimum absolute atomic E-state index is 0.0565. The maximum Gasteiger partial charge on any atom is 0.338 e. The first-order valence-corrected chi connectivity index (χ1v) is 11.1. The number of carbonyl (C=O) groups is 3. The van der Waals surface area contributed by atoms with E-state index in [9.17, 15) is 19.6 Å². The maximum atomic E-state index is 13.3. The van der Waals surface area contributed by atoms with Gasteiger partial charge in [-0.2, -0.15) is 5.26 Å². The summed E-state index contributed by atoms with van der Waals surface area (Å²) in [7, 11) is 0. The third-order valence-corrected chi connectivity index (χ3v) is 6.17. The molecule has 2 aromatic carbocycles. The van der Waals surface area contributed by atoms with Gasteiger partial charge in [0.25, 0.3) is 11.8 Å². The van der Waals surface area contributed by atoms with Crippen molar-refractivity contribution in [3.05, 3.63) is 99.8 Å². The van der Waals surface area contributed by atoms with Crippen LogP contribution < -0.4 is 0 Å². The number of amides is 2.